The maximum atomic E-state index is 13.3. The van der Waals surface area contributed by atoms with Crippen LogP contribution in [0, 0.1) is 5.92 Å². The largest absolute Gasteiger partial charge is 0.497 e. The highest BCUT2D eigenvalue weighted by atomic mass is 16.5. The first-order valence-corrected chi connectivity index (χ1v) is 11.8. The van der Waals surface area contributed by atoms with Gasteiger partial charge in [-0.05, 0) is 72.3 Å². The highest BCUT2D eigenvalue weighted by Crippen LogP contribution is 2.29. The van der Waals surface area contributed by atoms with Crippen molar-refractivity contribution in [1.29, 1.82) is 0 Å². The first kappa shape index (κ1) is 21.7. The highest BCUT2D eigenvalue weighted by Gasteiger charge is 2.32. The lowest BCUT2D eigenvalue weighted by atomic mass is 9.90. The van der Waals surface area contributed by atoms with Gasteiger partial charge >= 0.3 is 0 Å². The number of carbonyl (C=O) groups is 2. The zero-order valence-electron chi connectivity index (χ0n) is 19.1. The molecule has 1 fully saturated rings. The second-order valence-electron chi connectivity index (χ2n) is 9.20. The summed E-state index contributed by atoms with van der Waals surface area (Å²) in [5, 5.41) is 1.99. The van der Waals surface area contributed by atoms with Crippen LogP contribution >= 0.6 is 0 Å². The Hall–Kier alpha value is -3.18. The third kappa shape index (κ3) is 4.51. The van der Waals surface area contributed by atoms with Gasteiger partial charge in [0.15, 0.2) is 0 Å². The number of ether oxygens (including phenoxy) is 1. The molecule has 1 saturated heterocycles. The van der Waals surface area contributed by atoms with Gasteiger partial charge in [-0.2, -0.15) is 0 Å². The minimum Gasteiger partial charge on any atom is -0.497 e. The van der Waals surface area contributed by atoms with E-state index in [1.165, 1.54) is 10.5 Å². The van der Waals surface area contributed by atoms with E-state index in [0.29, 0.717) is 24.4 Å². The van der Waals surface area contributed by atoms with Gasteiger partial charge in [0.05, 0.1) is 19.1 Å². The van der Waals surface area contributed by atoms with Crippen LogP contribution in [-0.4, -0.2) is 48.4 Å². The number of hydrogen-bond acceptors (Lipinski definition) is 4. The molecule has 0 atom stereocenters. The van der Waals surface area contributed by atoms with E-state index >= 15 is 0 Å². The molecule has 0 N–H and O–H groups in total. The molecular formula is C28H30N2O3. The number of fused-ring (bicyclic) bond motifs is 3. The maximum absolute atomic E-state index is 13.3. The number of rotatable bonds is 6. The molecule has 33 heavy (non-hydrogen) atoms. The zero-order chi connectivity index (χ0) is 22.8. The van der Waals surface area contributed by atoms with E-state index in [1.54, 1.807) is 7.11 Å². The van der Waals surface area contributed by atoms with Crippen LogP contribution in [-0.2, 0) is 17.8 Å². The fourth-order valence-electron chi connectivity index (χ4n) is 5.18. The molecule has 2 aliphatic heterocycles. The van der Waals surface area contributed by atoms with Crippen molar-refractivity contribution >= 4 is 22.6 Å². The third-order valence-corrected chi connectivity index (χ3v) is 7.15. The quantitative estimate of drug-likeness (QED) is 0.521. The van der Waals surface area contributed by atoms with Gasteiger partial charge in [-0.1, -0.05) is 48.5 Å². The summed E-state index contributed by atoms with van der Waals surface area (Å²) < 4.78 is 5.24. The number of carbonyl (C=O) groups excluding carboxylic acids is 2. The van der Waals surface area contributed by atoms with Gasteiger partial charge in [0.25, 0.3) is 5.91 Å². The number of hydrogen-bond donors (Lipinski definition) is 0. The second kappa shape index (κ2) is 9.36. The molecule has 0 radical (unpaired) electrons. The van der Waals surface area contributed by atoms with Crippen molar-refractivity contribution in [2.75, 3.05) is 26.7 Å². The van der Waals surface area contributed by atoms with Crippen molar-refractivity contribution in [1.82, 2.24) is 9.80 Å². The average Bonchev–Trinajstić information content (AvgIpc) is 2.85. The molecule has 2 amide bonds. The first-order chi connectivity index (χ1) is 16.1. The van der Waals surface area contributed by atoms with E-state index in [0.717, 1.165) is 61.0 Å². The Kier molecular flexibility index (Phi) is 6.14. The van der Waals surface area contributed by atoms with Crippen molar-refractivity contribution in [3.63, 3.8) is 0 Å². The number of methoxy groups -OCH3 is 1. The number of likely N-dealkylation sites (tertiary alicyclic amines) is 1. The Morgan fingerprint density at radius 2 is 1.70 bits per heavy atom. The normalized spacial score (nSPS) is 17.4. The maximum Gasteiger partial charge on any atom is 0.261 e. The predicted octanol–water partition coefficient (Wildman–Crippen LogP) is 4.68. The summed E-state index contributed by atoms with van der Waals surface area (Å²) in [4.78, 5) is 30.1. The number of amides is 2. The monoisotopic (exact) mass is 442 g/mol. The summed E-state index contributed by atoms with van der Waals surface area (Å²) in [7, 11) is 1.69. The molecule has 2 heterocycles. The SMILES string of the molecule is COc1ccc(CN2CCC(CCN3C(=O)Cc4ccc5ccccc5c4C3=O)CC2)cc1. The molecule has 0 aliphatic carbocycles. The van der Waals surface area contributed by atoms with Crippen LogP contribution in [0.3, 0.4) is 0 Å². The van der Waals surface area contributed by atoms with Crippen LogP contribution in [0.1, 0.15) is 40.7 Å². The lowest BCUT2D eigenvalue weighted by Crippen LogP contribution is -2.44. The Morgan fingerprint density at radius 3 is 2.45 bits per heavy atom. The van der Waals surface area contributed by atoms with Crippen molar-refractivity contribution in [2.24, 2.45) is 5.92 Å². The first-order valence-electron chi connectivity index (χ1n) is 11.8. The van der Waals surface area contributed by atoms with Crippen molar-refractivity contribution in [2.45, 2.75) is 32.2 Å². The predicted molar refractivity (Wildman–Crippen MR) is 129 cm³/mol. The molecule has 2 aliphatic rings. The minimum atomic E-state index is -0.130. The van der Waals surface area contributed by atoms with Gasteiger partial charge in [0, 0.05) is 13.1 Å². The van der Waals surface area contributed by atoms with Crippen molar-refractivity contribution in [3.05, 3.63) is 77.4 Å². The van der Waals surface area contributed by atoms with Crippen LogP contribution in [0.15, 0.2) is 60.7 Å². The van der Waals surface area contributed by atoms with Crippen molar-refractivity contribution in [3.8, 4) is 5.75 Å². The Balaban J connectivity index is 1.18. The van der Waals surface area contributed by atoms with E-state index in [1.807, 2.05) is 48.5 Å². The third-order valence-electron chi connectivity index (χ3n) is 7.15. The van der Waals surface area contributed by atoms with Gasteiger partial charge in [0.1, 0.15) is 5.75 Å². The molecule has 0 unspecified atom stereocenters. The number of piperidine rings is 1. The Morgan fingerprint density at radius 1 is 0.939 bits per heavy atom. The number of benzene rings is 3. The van der Waals surface area contributed by atoms with Crippen LogP contribution in [0.25, 0.3) is 10.8 Å². The molecule has 170 valence electrons. The van der Waals surface area contributed by atoms with Gasteiger partial charge in [-0.25, -0.2) is 0 Å². The van der Waals surface area contributed by atoms with Crippen LogP contribution in [0.4, 0.5) is 0 Å². The molecule has 5 rings (SSSR count). The number of nitrogens with zero attached hydrogens (tertiary/aromatic N) is 2. The van der Waals surface area contributed by atoms with Gasteiger partial charge in [0.2, 0.25) is 5.91 Å². The molecular weight excluding hydrogens is 412 g/mol. The summed E-state index contributed by atoms with van der Waals surface area (Å²) in [6, 6.07) is 20.1. The average molecular weight is 443 g/mol. The Labute approximate surface area is 194 Å². The van der Waals surface area contributed by atoms with E-state index < -0.39 is 0 Å². The van der Waals surface area contributed by atoms with E-state index in [2.05, 4.69) is 17.0 Å². The highest BCUT2D eigenvalue weighted by molar-refractivity contribution is 6.16. The van der Waals surface area contributed by atoms with Gasteiger partial charge < -0.3 is 4.74 Å². The molecule has 3 aromatic rings. The fraction of sp³-hybridized carbons (Fsp3) is 0.357. The fourth-order valence-corrected chi connectivity index (χ4v) is 5.18. The standard InChI is InChI=1S/C28H30N2O3/c1-33-24-10-6-21(7-11-24)19-29-15-12-20(13-16-29)14-17-30-26(31)18-23-9-8-22-4-2-3-5-25(22)27(23)28(30)32/h2-11,20H,12-19H2,1H3. The topological polar surface area (TPSA) is 49.9 Å². The van der Waals surface area contributed by atoms with Gasteiger partial charge in [-0.15, -0.1) is 0 Å². The Bertz CT molecular complexity index is 1160. The lowest BCUT2D eigenvalue weighted by Gasteiger charge is -2.34. The summed E-state index contributed by atoms with van der Waals surface area (Å²) >= 11 is 0. The smallest absolute Gasteiger partial charge is 0.261 e. The molecule has 0 aromatic heterocycles. The summed E-state index contributed by atoms with van der Waals surface area (Å²) in [5.74, 6) is 1.23. The molecule has 3 aromatic carbocycles. The molecule has 5 heteroatoms. The summed E-state index contributed by atoms with van der Waals surface area (Å²) in [6.45, 7) is 3.56. The lowest BCUT2D eigenvalue weighted by molar-refractivity contribution is -0.128. The molecule has 0 saturated carbocycles. The summed E-state index contributed by atoms with van der Waals surface area (Å²) in [5.41, 5.74) is 2.86. The number of imide groups is 1. The second-order valence-corrected chi connectivity index (χ2v) is 9.20. The minimum absolute atomic E-state index is 0.0697. The van der Waals surface area contributed by atoms with E-state index in [9.17, 15) is 9.59 Å². The molecule has 5 nitrogen and oxygen atoms in total. The molecule has 0 bridgehead atoms. The zero-order valence-corrected chi connectivity index (χ0v) is 19.1. The van der Waals surface area contributed by atoms with Crippen LogP contribution in [0.5, 0.6) is 5.75 Å². The summed E-state index contributed by atoms with van der Waals surface area (Å²) in [6.07, 6.45) is 3.40. The van der Waals surface area contributed by atoms with Crippen LogP contribution < -0.4 is 4.74 Å². The van der Waals surface area contributed by atoms with Crippen molar-refractivity contribution < 1.29 is 14.3 Å². The van der Waals surface area contributed by atoms with Gasteiger partial charge in [-0.3, -0.25) is 19.4 Å². The van der Waals surface area contributed by atoms with E-state index in [4.69, 9.17) is 4.74 Å². The molecule has 0 spiro atoms. The van der Waals surface area contributed by atoms with Crippen LogP contribution in [0.2, 0.25) is 0 Å². The van der Waals surface area contributed by atoms with E-state index in [-0.39, 0.29) is 11.8 Å².